The molecular weight excluding hydrogens is 340 g/mol. The zero-order valence-corrected chi connectivity index (χ0v) is 15.3. The number of rotatable bonds is 8. The Hall–Kier alpha value is -2.12. The average Bonchev–Trinajstić information content (AvgIpc) is 2.56. The molecule has 0 radical (unpaired) electrons. The predicted octanol–water partition coefficient (Wildman–Crippen LogP) is 2.26. The summed E-state index contributed by atoms with van der Waals surface area (Å²) in [6, 6.07) is 10.4. The zero-order chi connectivity index (χ0) is 18.6. The number of carboxylic acids is 1. The van der Waals surface area contributed by atoms with Crippen LogP contribution in [0.15, 0.2) is 41.3 Å². The van der Waals surface area contributed by atoms with E-state index in [9.17, 15) is 18.3 Å². The number of aliphatic carboxylic acids is 1. The maximum absolute atomic E-state index is 13.0. The van der Waals surface area contributed by atoms with E-state index in [1.54, 1.807) is 18.2 Å². The highest BCUT2D eigenvalue weighted by molar-refractivity contribution is 7.93. The second kappa shape index (κ2) is 7.84. The summed E-state index contributed by atoms with van der Waals surface area (Å²) in [5.41, 5.74) is 6.31. The number of hydrogen-bond donors (Lipinski definition) is 2. The number of nitrogens with zero attached hydrogens (tertiary/aromatic N) is 1. The van der Waals surface area contributed by atoms with Gasteiger partial charge in [0.05, 0.1) is 4.90 Å². The fourth-order valence-electron chi connectivity index (χ4n) is 2.94. The van der Waals surface area contributed by atoms with Crippen molar-refractivity contribution in [1.29, 1.82) is 0 Å². The summed E-state index contributed by atoms with van der Waals surface area (Å²) in [4.78, 5) is 13.6. The number of nitrogens with two attached hydrogens (primary N) is 1. The van der Waals surface area contributed by atoms with Gasteiger partial charge < -0.3 is 15.7 Å². The van der Waals surface area contributed by atoms with Gasteiger partial charge in [0, 0.05) is 30.6 Å². The van der Waals surface area contributed by atoms with Gasteiger partial charge >= 0.3 is 5.97 Å². The Morgan fingerprint density at radius 2 is 1.76 bits per heavy atom. The van der Waals surface area contributed by atoms with E-state index in [4.69, 9.17) is 5.73 Å². The van der Waals surface area contributed by atoms with Gasteiger partial charge in [0.2, 0.25) is 0 Å². The Labute approximate surface area is 148 Å². The van der Waals surface area contributed by atoms with Crippen molar-refractivity contribution in [3.8, 4) is 0 Å². The van der Waals surface area contributed by atoms with Gasteiger partial charge in [-0.1, -0.05) is 30.7 Å². The molecule has 25 heavy (non-hydrogen) atoms. The lowest BCUT2D eigenvalue weighted by atomic mass is 10.1. The fourth-order valence-corrected chi connectivity index (χ4v) is 4.74. The third-order valence-electron chi connectivity index (χ3n) is 4.22. The highest BCUT2D eigenvalue weighted by Gasteiger charge is 2.34. The van der Waals surface area contributed by atoms with Crippen LogP contribution in [-0.2, 0) is 14.6 Å². The van der Waals surface area contributed by atoms with Crippen molar-refractivity contribution in [2.45, 2.75) is 29.4 Å². The maximum Gasteiger partial charge on any atom is 0.322 e. The summed E-state index contributed by atoms with van der Waals surface area (Å²) in [6.07, 6.45) is 1.11. The second-order valence-electron chi connectivity index (χ2n) is 6.18. The molecule has 2 aromatic carbocycles. The van der Waals surface area contributed by atoms with Crippen LogP contribution >= 0.6 is 0 Å². The maximum atomic E-state index is 13.0. The first kappa shape index (κ1) is 19.2. The monoisotopic (exact) mass is 364 g/mol. The molecule has 0 saturated carbocycles. The molecule has 0 aliphatic carbocycles. The molecule has 0 fully saturated rings. The third-order valence-corrected chi connectivity index (χ3v) is 6.37. The van der Waals surface area contributed by atoms with Gasteiger partial charge in [-0.15, -0.1) is 0 Å². The van der Waals surface area contributed by atoms with Crippen molar-refractivity contribution in [1.82, 2.24) is 0 Å². The largest absolute Gasteiger partial charge is 0.480 e. The van der Waals surface area contributed by atoms with E-state index < -0.39 is 21.1 Å². The van der Waals surface area contributed by atoms with E-state index >= 15 is 0 Å². The third kappa shape index (κ3) is 3.93. The summed E-state index contributed by atoms with van der Waals surface area (Å²) in [5.74, 6) is -1.32. The quantitative estimate of drug-likeness (QED) is 0.697. The molecule has 136 valence electrons. The number of unbranched alkanes of at least 4 members (excludes halogenated alkanes) is 1. The van der Waals surface area contributed by atoms with Crippen LogP contribution in [0.5, 0.6) is 0 Å². The summed E-state index contributed by atoms with van der Waals surface area (Å²) < 4.78 is 26.1. The number of fused-ring (bicyclic) bond motifs is 1. The van der Waals surface area contributed by atoms with Gasteiger partial charge in [-0.3, -0.25) is 4.79 Å². The SMILES string of the molecule is CN(C)c1cccc2c(S(=O)(=O)C(CCCCN)C(=O)O)cccc12. The van der Waals surface area contributed by atoms with E-state index in [1.165, 1.54) is 6.07 Å². The van der Waals surface area contributed by atoms with Crippen LogP contribution < -0.4 is 10.6 Å². The van der Waals surface area contributed by atoms with Gasteiger partial charge in [0.25, 0.3) is 0 Å². The first-order chi connectivity index (χ1) is 11.8. The molecule has 7 heteroatoms. The van der Waals surface area contributed by atoms with Crippen LogP contribution in [0.2, 0.25) is 0 Å². The predicted molar refractivity (Wildman–Crippen MR) is 99.8 cm³/mol. The molecule has 0 amide bonds. The van der Waals surface area contributed by atoms with Crippen molar-refractivity contribution >= 4 is 32.3 Å². The molecule has 3 N–H and O–H groups in total. The van der Waals surface area contributed by atoms with Crippen molar-refractivity contribution in [3.05, 3.63) is 36.4 Å². The van der Waals surface area contributed by atoms with Crippen LogP contribution in [0.3, 0.4) is 0 Å². The lowest BCUT2D eigenvalue weighted by Crippen LogP contribution is -2.30. The Morgan fingerprint density at radius 3 is 2.36 bits per heavy atom. The van der Waals surface area contributed by atoms with Gasteiger partial charge in [0.15, 0.2) is 15.1 Å². The first-order valence-corrected chi connectivity index (χ1v) is 9.71. The minimum Gasteiger partial charge on any atom is -0.480 e. The molecule has 1 unspecified atom stereocenters. The molecule has 1 atom stereocenters. The number of carbonyl (C=O) groups is 1. The number of sulfone groups is 1. The van der Waals surface area contributed by atoms with Crippen LogP contribution in [-0.4, -0.2) is 45.4 Å². The van der Waals surface area contributed by atoms with E-state index in [1.807, 2.05) is 31.1 Å². The van der Waals surface area contributed by atoms with Crippen LogP contribution in [0.4, 0.5) is 5.69 Å². The summed E-state index contributed by atoms with van der Waals surface area (Å²) in [6.45, 7) is 0.410. The van der Waals surface area contributed by atoms with Gasteiger partial charge in [-0.2, -0.15) is 0 Å². The number of hydrogen-bond acceptors (Lipinski definition) is 5. The molecule has 2 aromatic rings. The summed E-state index contributed by atoms with van der Waals surface area (Å²) in [5, 5.41) is 9.32. The van der Waals surface area contributed by atoms with Crippen molar-refractivity contribution in [2.75, 3.05) is 25.5 Å². The molecule has 0 bridgehead atoms. The topological polar surface area (TPSA) is 101 Å². The van der Waals surface area contributed by atoms with Crippen LogP contribution in [0, 0.1) is 0 Å². The van der Waals surface area contributed by atoms with Gasteiger partial charge in [-0.05, 0) is 31.5 Å². The standard InChI is InChI=1S/C18H24N2O4S/c1-20(2)15-9-5-8-14-13(15)7-6-11-16(14)25(23,24)17(18(21)22)10-3-4-12-19/h5-9,11,17H,3-4,10,12,19H2,1-2H3,(H,21,22). The molecular formula is C18H24N2O4S. The second-order valence-corrected chi connectivity index (χ2v) is 8.28. The average molecular weight is 364 g/mol. The summed E-state index contributed by atoms with van der Waals surface area (Å²) in [7, 11) is -0.253. The molecule has 2 rings (SSSR count). The van der Waals surface area contributed by atoms with Crippen LogP contribution in [0.1, 0.15) is 19.3 Å². The molecule has 0 aliphatic rings. The van der Waals surface area contributed by atoms with E-state index in [0.29, 0.717) is 24.8 Å². The lowest BCUT2D eigenvalue weighted by molar-refractivity contribution is -0.136. The molecule has 0 spiro atoms. The Morgan fingerprint density at radius 1 is 1.12 bits per heavy atom. The molecule has 0 saturated heterocycles. The van der Waals surface area contributed by atoms with Crippen molar-refractivity contribution in [2.24, 2.45) is 5.73 Å². The Kier molecular flexibility index (Phi) is 6.02. The summed E-state index contributed by atoms with van der Waals surface area (Å²) >= 11 is 0. The molecule has 0 aromatic heterocycles. The van der Waals surface area contributed by atoms with E-state index in [0.717, 1.165) is 11.1 Å². The van der Waals surface area contributed by atoms with Crippen LogP contribution in [0.25, 0.3) is 10.8 Å². The number of anilines is 1. The minimum atomic E-state index is -4.01. The number of carboxylic acid groups (broad SMARTS) is 1. The Balaban J connectivity index is 2.58. The molecule has 6 nitrogen and oxygen atoms in total. The van der Waals surface area contributed by atoms with Crippen molar-refractivity contribution < 1.29 is 18.3 Å². The number of benzene rings is 2. The first-order valence-electron chi connectivity index (χ1n) is 8.16. The smallest absolute Gasteiger partial charge is 0.322 e. The normalized spacial score (nSPS) is 12.9. The lowest BCUT2D eigenvalue weighted by Gasteiger charge is -2.18. The highest BCUT2D eigenvalue weighted by Crippen LogP contribution is 2.32. The van der Waals surface area contributed by atoms with Gasteiger partial charge in [-0.25, -0.2) is 8.42 Å². The highest BCUT2D eigenvalue weighted by atomic mass is 32.2. The molecule has 0 aliphatic heterocycles. The zero-order valence-electron chi connectivity index (χ0n) is 14.5. The van der Waals surface area contributed by atoms with E-state index in [2.05, 4.69) is 0 Å². The fraction of sp³-hybridized carbons (Fsp3) is 0.389. The van der Waals surface area contributed by atoms with Gasteiger partial charge in [0.1, 0.15) is 0 Å². The molecule has 0 heterocycles. The Bertz CT molecular complexity index is 863. The van der Waals surface area contributed by atoms with Crippen molar-refractivity contribution in [3.63, 3.8) is 0 Å². The van der Waals surface area contributed by atoms with E-state index in [-0.39, 0.29) is 11.3 Å². The minimum absolute atomic E-state index is 0.0542.